The zero-order valence-electron chi connectivity index (χ0n) is 12.2. The molecule has 0 saturated carbocycles. The molecule has 3 rings (SSSR count). The lowest BCUT2D eigenvalue weighted by molar-refractivity contribution is 0.269. The van der Waals surface area contributed by atoms with Crippen LogP contribution in [0.1, 0.15) is 30.5 Å². The van der Waals surface area contributed by atoms with E-state index < -0.39 is 0 Å². The number of hydrogen-bond acceptors (Lipinski definition) is 4. The molecule has 0 saturated heterocycles. The Labute approximate surface area is 124 Å². The summed E-state index contributed by atoms with van der Waals surface area (Å²) < 4.78 is 7.30. The van der Waals surface area contributed by atoms with Gasteiger partial charge in [-0.05, 0) is 29.7 Å². The lowest BCUT2D eigenvalue weighted by Crippen LogP contribution is -2.09. The number of aromatic nitrogens is 2. The summed E-state index contributed by atoms with van der Waals surface area (Å²) in [6.07, 6.45) is 5.71. The van der Waals surface area contributed by atoms with Crippen molar-refractivity contribution in [2.45, 2.75) is 32.4 Å². The van der Waals surface area contributed by atoms with Gasteiger partial charge in [-0.3, -0.25) is 4.68 Å². The number of anilines is 1. The lowest BCUT2D eigenvalue weighted by Gasteiger charge is -2.18. The van der Waals surface area contributed by atoms with Crippen molar-refractivity contribution >= 4 is 5.69 Å². The Morgan fingerprint density at radius 2 is 2.38 bits per heavy atom. The summed E-state index contributed by atoms with van der Waals surface area (Å²) in [5.74, 6) is 1.02. The van der Waals surface area contributed by atoms with E-state index in [2.05, 4.69) is 35.5 Å². The second-order valence-corrected chi connectivity index (χ2v) is 5.29. The molecular formula is C16H21N3O2. The topological polar surface area (TPSA) is 59.3 Å². The van der Waals surface area contributed by atoms with Crippen molar-refractivity contribution in [3.63, 3.8) is 0 Å². The molecule has 1 aromatic heterocycles. The van der Waals surface area contributed by atoms with E-state index in [4.69, 9.17) is 9.84 Å². The van der Waals surface area contributed by atoms with Gasteiger partial charge in [-0.25, -0.2) is 0 Å². The van der Waals surface area contributed by atoms with E-state index >= 15 is 0 Å². The highest BCUT2D eigenvalue weighted by Crippen LogP contribution is 2.30. The second kappa shape index (κ2) is 6.18. The molecule has 2 aromatic rings. The largest absolute Gasteiger partial charge is 0.493 e. The average Bonchev–Trinajstić information content (AvgIpc) is 3.13. The Kier molecular flexibility index (Phi) is 4.10. The molecular weight excluding hydrogens is 266 g/mol. The molecule has 5 nitrogen and oxygen atoms in total. The normalized spacial score (nSPS) is 14.6. The van der Waals surface area contributed by atoms with E-state index in [-0.39, 0.29) is 12.6 Å². The van der Waals surface area contributed by atoms with Gasteiger partial charge in [0.2, 0.25) is 0 Å². The van der Waals surface area contributed by atoms with E-state index in [9.17, 15) is 0 Å². The van der Waals surface area contributed by atoms with E-state index in [1.54, 1.807) is 10.9 Å². The molecule has 0 radical (unpaired) electrons. The first-order chi connectivity index (χ1) is 10.3. The molecule has 0 fully saturated rings. The number of benzene rings is 1. The van der Waals surface area contributed by atoms with Crippen molar-refractivity contribution in [1.29, 1.82) is 0 Å². The maximum atomic E-state index is 8.93. The third-order valence-corrected chi connectivity index (χ3v) is 3.83. The number of nitrogens with zero attached hydrogens (tertiary/aromatic N) is 2. The number of aliphatic hydroxyl groups excluding tert-OH is 1. The first-order valence-corrected chi connectivity index (χ1v) is 7.45. The minimum absolute atomic E-state index is 0.100. The number of fused-ring (bicyclic) bond motifs is 1. The number of nitrogens with one attached hydrogen (secondary N) is 1. The monoisotopic (exact) mass is 287 g/mol. The van der Waals surface area contributed by atoms with Crippen molar-refractivity contribution < 1.29 is 9.84 Å². The summed E-state index contributed by atoms with van der Waals surface area (Å²) in [6.45, 7) is 3.58. The summed E-state index contributed by atoms with van der Waals surface area (Å²) in [5.41, 5.74) is 3.55. The molecule has 1 atom stereocenters. The van der Waals surface area contributed by atoms with Crippen molar-refractivity contribution in [2.24, 2.45) is 0 Å². The third kappa shape index (κ3) is 3.03. The van der Waals surface area contributed by atoms with Gasteiger partial charge in [0.05, 0.1) is 37.7 Å². The van der Waals surface area contributed by atoms with Crippen molar-refractivity contribution in [2.75, 3.05) is 18.5 Å². The average molecular weight is 287 g/mol. The fourth-order valence-corrected chi connectivity index (χ4v) is 2.71. The van der Waals surface area contributed by atoms with Crippen molar-refractivity contribution in [3.05, 3.63) is 41.7 Å². The van der Waals surface area contributed by atoms with Crippen LogP contribution in [0.5, 0.6) is 5.75 Å². The highest BCUT2D eigenvalue weighted by atomic mass is 16.5. The first kappa shape index (κ1) is 13.9. The second-order valence-electron chi connectivity index (χ2n) is 5.29. The smallest absolute Gasteiger partial charge is 0.122 e. The molecule has 0 spiro atoms. The van der Waals surface area contributed by atoms with Gasteiger partial charge in [0.15, 0.2) is 0 Å². The summed E-state index contributed by atoms with van der Waals surface area (Å²) in [5, 5.41) is 16.7. The van der Waals surface area contributed by atoms with Crippen LogP contribution in [0.3, 0.4) is 0 Å². The van der Waals surface area contributed by atoms with Gasteiger partial charge in [-0.2, -0.15) is 5.10 Å². The Morgan fingerprint density at radius 3 is 3.19 bits per heavy atom. The van der Waals surface area contributed by atoms with Crippen LogP contribution in [0.2, 0.25) is 0 Å². The third-order valence-electron chi connectivity index (χ3n) is 3.83. The van der Waals surface area contributed by atoms with Gasteiger partial charge in [0, 0.05) is 12.6 Å². The Bertz CT molecular complexity index is 609. The van der Waals surface area contributed by atoms with Gasteiger partial charge in [-0.1, -0.05) is 13.0 Å². The predicted octanol–water partition coefficient (Wildman–Crippen LogP) is 2.37. The zero-order valence-corrected chi connectivity index (χ0v) is 12.2. The van der Waals surface area contributed by atoms with E-state index in [0.717, 1.165) is 30.9 Å². The van der Waals surface area contributed by atoms with Gasteiger partial charge >= 0.3 is 0 Å². The van der Waals surface area contributed by atoms with Crippen LogP contribution in [0.25, 0.3) is 0 Å². The fraction of sp³-hybridized carbons (Fsp3) is 0.438. The number of ether oxygens (including phenoxy) is 1. The zero-order chi connectivity index (χ0) is 14.7. The summed E-state index contributed by atoms with van der Waals surface area (Å²) >= 11 is 0. The van der Waals surface area contributed by atoms with Crippen LogP contribution in [0, 0.1) is 0 Å². The maximum Gasteiger partial charge on any atom is 0.122 e. The summed E-state index contributed by atoms with van der Waals surface area (Å²) in [7, 11) is 0. The lowest BCUT2D eigenvalue weighted by atomic mass is 10.0. The molecule has 1 unspecified atom stereocenters. The van der Waals surface area contributed by atoms with Crippen LogP contribution >= 0.6 is 0 Å². The summed E-state index contributed by atoms with van der Waals surface area (Å²) in [4.78, 5) is 0. The number of aliphatic hydroxyl groups is 1. The van der Waals surface area contributed by atoms with E-state index in [0.29, 0.717) is 6.54 Å². The van der Waals surface area contributed by atoms with Gasteiger partial charge in [-0.15, -0.1) is 0 Å². The van der Waals surface area contributed by atoms with Gasteiger partial charge < -0.3 is 15.2 Å². The summed E-state index contributed by atoms with van der Waals surface area (Å²) in [6, 6.07) is 6.69. The van der Waals surface area contributed by atoms with Crippen LogP contribution in [-0.4, -0.2) is 28.1 Å². The Balaban J connectivity index is 1.75. The number of rotatable bonds is 6. The quantitative estimate of drug-likeness (QED) is 0.856. The van der Waals surface area contributed by atoms with Crippen LogP contribution in [-0.2, 0) is 13.0 Å². The molecule has 1 aliphatic heterocycles. The molecule has 0 bridgehead atoms. The first-order valence-electron chi connectivity index (χ1n) is 7.45. The molecule has 0 aliphatic carbocycles. The molecule has 1 aliphatic rings. The van der Waals surface area contributed by atoms with E-state index in [1.165, 1.54) is 11.1 Å². The highest BCUT2D eigenvalue weighted by Gasteiger charge is 2.16. The Hall–Kier alpha value is -2.01. The SMILES string of the molecule is CCC(Nc1cnn(CCO)c1)c1ccc2c(c1)CCO2. The van der Waals surface area contributed by atoms with Crippen LogP contribution in [0.4, 0.5) is 5.69 Å². The molecule has 21 heavy (non-hydrogen) atoms. The maximum absolute atomic E-state index is 8.93. The van der Waals surface area contributed by atoms with Crippen molar-refractivity contribution in [1.82, 2.24) is 9.78 Å². The molecule has 2 heterocycles. The van der Waals surface area contributed by atoms with Crippen LogP contribution in [0.15, 0.2) is 30.6 Å². The standard InChI is InChI=1S/C16H21N3O2/c1-2-15(18-14-10-17-19(11-14)6-7-20)12-3-4-16-13(9-12)5-8-21-16/h3-4,9-11,15,18,20H,2,5-8H2,1H3. The predicted molar refractivity (Wildman–Crippen MR) is 81.6 cm³/mol. The molecule has 5 heteroatoms. The van der Waals surface area contributed by atoms with Gasteiger partial charge in [0.1, 0.15) is 5.75 Å². The van der Waals surface area contributed by atoms with Gasteiger partial charge in [0.25, 0.3) is 0 Å². The molecule has 1 aromatic carbocycles. The highest BCUT2D eigenvalue weighted by molar-refractivity contribution is 5.45. The Morgan fingerprint density at radius 1 is 1.48 bits per heavy atom. The van der Waals surface area contributed by atoms with E-state index in [1.807, 2.05) is 6.20 Å². The minimum Gasteiger partial charge on any atom is -0.493 e. The van der Waals surface area contributed by atoms with Crippen molar-refractivity contribution in [3.8, 4) is 5.75 Å². The molecule has 0 amide bonds. The minimum atomic E-state index is 0.100. The molecule has 2 N–H and O–H groups in total. The fourth-order valence-electron chi connectivity index (χ4n) is 2.71. The number of hydrogen-bond donors (Lipinski definition) is 2. The molecule has 112 valence electrons. The van der Waals surface area contributed by atoms with Crippen LogP contribution < -0.4 is 10.1 Å².